The van der Waals surface area contributed by atoms with Crippen LogP contribution >= 0.6 is 11.3 Å². The number of fused-ring (bicyclic) bond motifs is 2. The van der Waals surface area contributed by atoms with Crippen molar-refractivity contribution in [1.82, 2.24) is 24.8 Å². The number of benzene rings is 1. The maximum atomic E-state index is 13.3. The maximum Gasteiger partial charge on any atom is 0.419 e. The van der Waals surface area contributed by atoms with E-state index in [9.17, 15) is 28.3 Å². The summed E-state index contributed by atoms with van der Waals surface area (Å²) in [5.74, 6) is 0.815. The SMILES string of the molecule is BC(B)(B)Nc1nc(NC2CCN(Cc3ccc4c(cc(C#N)n4CC(=C)NC(=O)C4CC4)c3C)CC2)c2cc(C(O)C(F)(F)F)sc2n1. The highest BCUT2D eigenvalue weighted by Crippen LogP contribution is 2.40. The van der Waals surface area contributed by atoms with E-state index in [0.717, 1.165) is 78.7 Å². The fraction of sp³-hybridized carbons (Fsp3) is 0.438. The van der Waals surface area contributed by atoms with Crippen LogP contribution in [0.1, 0.15) is 53.5 Å². The van der Waals surface area contributed by atoms with E-state index < -0.39 is 12.3 Å². The molecule has 49 heavy (non-hydrogen) atoms. The van der Waals surface area contributed by atoms with Crippen molar-refractivity contribution >= 4 is 73.7 Å². The van der Waals surface area contributed by atoms with Gasteiger partial charge in [0.05, 0.1) is 11.9 Å². The topological polar surface area (TPSA) is 131 Å². The number of hydrogen-bond donors (Lipinski definition) is 4. The van der Waals surface area contributed by atoms with Gasteiger partial charge in [-0.1, -0.05) is 12.6 Å². The van der Waals surface area contributed by atoms with E-state index in [-0.39, 0.29) is 28.0 Å². The molecule has 1 aromatic carbocycles. The monoisotopic (exact) mass is 688 g/mol. The third kappa shape index (κ3) is 7.92. The number of alkyl halides is 3. The first-order valence-electron chi connectivity index (χ1n) is 16.4. The van der Waals surface area contributed by atoms with Crippen LogP contribution in [0.25, 0.3) is 21.1 Å². The molecule has 3 aromatic heterocycles. The van der Waals surface area contributed by atoms with Gasteiger partial charge in [-0.2, -0.15) is 23.4 Å². The predicted octanol–water partition coefficient (Wildman–Crippen LogP) is 2.46. The lowest BCUT2D eigenvalue weighted by atomic mass is 9.49. The van der Waals surface area contributed by atoms with E-state index in [4.69, 9.17) is 0 Å². The second-order valence-corrected chi connectivity index (χ2v) is 15.2. The number of rotatable bonds is 11. The third-order valence-electron chi connectivity index (χ3n) is 8.98. The average Bonchev–Trinajstić information content (AvgIpc) is 3.70. The Balaban J connectivity index is 1.14. The second-order valence-electron chi connectivity index (χ2n) is 14.2. The number of hydrogen-bond acceptors (Lipinski definition) is 9. The zero-order chi connectivity index (χ0) is 35.2. The zero-order valence-corrected chi connectivity index (χ0v) is 28.9. The number of amides is 1. The van der Waals surface area contributed by atoms with Crippen LogP contribution in [0.15, 0.2) is 36.5 Å². The van der Waals surface area contributed by atoms with Gasteiger partial charge in [-0.05, 0) is 67.2 Å². The number of nitrogens with one attached hydrogen (secondary N) is 3. The summed E-state index contributed by atoms with van der Waals surface area (Å²) in [5.41, 5.74) is 4.24. The Kier molecular flexibility index (Phi) is 9.51. The van der Waals surface area contributed by atoms with Crippen molar-refractivity contribution in [3.63, 3.8) is 0 Å². The number of aliphatic hydroxyl groups is 1. The molecular formula is C32H38B3F3N8O2S. The highest BCUT2D eigenvalue weighted by molar-refractivity contribution is 7.18. The van der Waals surface area contributed by atoms with Gasteiger partial charge < -0.3 is 25.6 Å². The molecule has 1 saturated heterocycles. The number of thiophene rings is 1. The summed E-state index contributed by atoms with van der Waals surface area (Å²) < 4.78 is 41.9. The maximum absolute atomic E-state index is 13.3. The van der Waals surface area contributed by atoms with Crippen LogP contribution in [-0.4, -0.2) is 84.5 Å². The number of carbonyl (C=O) groups is 1. The Morgan fingerprint density at radius 1 is 1.16 bits per heavy atom. The van der Waals surface area contributed by atoms with Crippen LogP contribution < -0.4 is 16.0 Å². The molecule has 1 unspecified atom stereocenters. The van der Waals surface area contributed by atoms with E-state index in [2.05, 4.69) is 56.5 Å². The Morgan fingerprint density at radius 3 is 2.51 bits per heavy atom. The second kappa shape index (κ2) is 13.4. The van der Waals surface area contributed by atoms with Gasteiger partial charge in [0, 0.05) is 53.1 Å². The Morgan fingerprint density at radius 2 is 1.88 bits per heavy atom. The van der Waals surface area contributed by atoms with Gasteiger partial charge >= 0.3 is 6.18 Å². The number of aromatic nitrogens is 3. The van der Waals surface area contributed by atoms with Crippen molar-refractivity contribution in [3.05, 3.63) is 58.2 Å². The molecule has 1 aliphatic carbocycles. The minimum Gasteiger partial charge on any atom is -0.379 e. The van der Waals surface area contributed by atoms with Crippen LogP contribution in [0, 0.1) is 24.2 Å². The molecule has 6 rings (SSSR count). The molecule has 0 radical (unpaired) electrons. The summed E-state index contributed by atoms with van der Waals surface area (Å²) in [6.45, 7) is 8.74. The van der Waals surface area contributed by atoms with E-state index >= 15 is 0 Å². The third-order valence-corrected chi connectivity index (χ3v) is 10.1. The molecule has 254 valence electrons. The largest absolute Gasteiger partial charge is 0.419 e. The number of aryl methyl sites for hydroxylation is 1. The minimum atomic E-state index is -4.78. The Bertz CT molecular complexity index is 1960. The Labute approximate surface area is 289 Å². The number of aliphatic hydroxyl groups excluding tert-OH is 1. The number of allylic oxidation sites excluding steroid dienone is 1. The lowest BCUT2D eigenvalue weighted by molar-refractivity contribution is -0.205. The van der Waals surface area contributed by atoms with E-state index in [0.29, 0.717) is 39.9 Å². The zero-order valence-electron chi connectivity index (χ0n) is 28.0. The van der Waals surface area contributed by atoms with Crippen LogP contribution in [-0.2, 0) is 17.9 Å². The van der Waals surface area contributed by atoms with Gasteiger partial charge in [0.25, 0.3) is 0 Å². The van der Waals surface area contributed by atoms with Crippen molar-refractivity contribution in [1.29, 1.82) is 5.26 Å². The van der Waals surface area contributed by atoms with Gasteiger partial charge in [0.2, 0.25) is 11.9 Å². The normalized spacial score (nSPS) is 16.8. The molecule has 4 aromatic rings. The minimum absolute atomic E-state index is 0.00796. The molecule has 17 heteroatoms. The average molecular weight is 688 g/mol. The molecule has 4 N–H and O–H groups in total. The summed E-state index contributed by atoms with van der Waals surface area (Å²) >= 11 is 0.815. The van der Waals surface area contributed by atoms with Gasteiger partial charge in [0.1, 0.15) is 46.0 Å². The van der Waals surface area contributed by atoms with Crippen molar-refractivity contribution in [2.45, 2.75) is 69.3 Å². The molecule has 10 nitrogen and oxygen atoms in total. The number of piperidine rings is 1. The first kappa shape index (κ1) is 34.9. The quantitative estimate of drug-likeness (QED) is 0.177. The molecule has 1 saturated carbocycles. The van der Waals surface area contributed by atoms with Crippen molar-refractivity contribution in [3.8, 4) is 6.07 Å². The summed E-state index contributed by atoms with van der Waals surface area (Å²) in [7, 11) is 5.84. The number of carbonyl (C=O) groups excluding carboxylic acids is 1. The molecule has 1 atom stereocenters. The van der Waals surface area contributed by atoms with Crippen molar-refractivity contribution in [2.24, 2.45) is 5.92 Å². The lowest BCUT2D eigenvalue weighted by Crippen LogP contribution is -2.41. The predicted molar refractivity (Wildman–Crippen MR) is 194 cm³/mol. The lowest BCUT2D eigenvalue weighted by Gasteiger charge is -2.33. The first-order valence-corrected chi connectivity index (χ1v) is 17.2. The van der Waals surface area contributed by atoms with Crippen LogP contribution in [0.2, 0.25) is 0 Å². The van der Waals surface area contributed by atoms with Crippen LogP contribution in [0.5, 0.6) is 0 Å². The van der Waals surface area contributed by atoms with Crippen molar-refractivity contribution in [2.75, 3.05) is 23.7 Å². The molecular weight excluding hydrogens is 650 g/mol. The standard InChI is InChI=1S/C32H38B3F3N8O2S/c1-16(40-28(48)18-3-4-18)14-46-21(13-39)11-22-17(2)19(5-6-24(22)46)15-45-9-7-20(8-10-45)41-27-23-12-25(26(47)31(36,37)38)49-29(23)43-30(42-27)44-32(33,34)35/h5-6,11-12,18,20,26,47H,1,3-4,7-10,14-15,33-35H2,2H3,(H,40,48)(H2,41,42,43,44). The van der Waals surface area contributed by atoms with Crippen LogP contribution in [0.4, 0.5) is 24.9 Å². The van der Waals surface area contributed by atoms with E-state index in [1.165, 1.54) is 6.07 Å². The molecule has 4 heterocycles. The fourth-order valence-corrected chi connectivity index (χ4v) is 7.26. The highest BCUT2D eigenvalue weighted by Gasteiger charge is 2.41. The number of nitrogens with zero attached hydrogens (tertiary/aromatic N) is 5. The van der Waals surface area contributed by atoms with Gasteiger partial charge in [-0.25, -0.2) is 4.98 Å². The van der Waals surface area contributed by atoms with E-state index in [1.807, 2.05) is 40.2 Å². The number of halogens is 3. The van der Waals surface area contributed by atoms with Crippen LogP contribution in [0.3, 0.4) is 0 Å². The number of nitriles is 1. The van der Waals surface area contributed by atoms with Gasteiger partial charge in [-0.3, -0.25) is 9.69 Å². The van der Waals surface area contributed by atoms with Gasteiger partial charge in [-0.15, -0.1) is 11.3 Å². The number of anilines is 2. The fourth-order valence-electron chi connectivity index (χ4n) is 6.21. The molecule has 0 spiro atoms. The number of likely N-dealkylation sites (tertiary alicyclic amines) is 1. The Hall–Kier alpha value is -4.00. The summed E-state index contributed by atoms with van der Waals surface area (Å²) in [6, 6.07) is 9.68. The van der Waals surface area contributed by atoms with E-state index in [1.54, 1.807) is 0 Å². The highest BCUT2D eigenvalue weighted by atomic mass is 32.1. The smallest absolute Gasteiger partial charge is 0.379 e. The molecule has 1 aliphatic heterocycles. The summed E-state index contributed by atoms with van der Waals surface area (Å²) in [5, 5.41) is 30.4. The van der Waals surface area contributed by atoms with Crippen molar-refractivity contribution < 1.29 is 23.1 Å². The first-order chi connectivity index (χ1) is 23.1. The molecule has 0 bridgehead atoms. The van der Waals surface area contributed by atoms with Gasteiger partial charge in [0.15, 0.2) is 6.10 Å². The summed E-state index contributed by atoms with van der Waals surface area (Å²) in [4.78, 5) is 23.8. The molecule has 2 aliphatic rings. The molecule has 1 amide bonds. The molecule has 2 fully saturated rings. The summed E-state index contributed by atoms with van der Waals surface area (Å²) in [6.07, 6.45) is -3.98.